The van der Waals surface area contributed by atoms with Gasteiger partial charge >= 0.3 is 0 Å². The van der Waals surface area contributed by atoms with Gasteiger partial charge < -0.3 is 0 Å². The molecule has 0 N–H and O–H groups in total. The Balaban J connectivity index is 4.56. The normalized spacial score (nSPS) is 12.1. The van der Waals surface area contributed by atoms with Crippen molar-refractivity contribution in [3.05, 3.63) is 36.0 Å². The van der Waals surface area contributed by atoms with E-state index in [0.29, 0.717) is 0 Å². The number of carbonyl (C=O) groups is 1. The molecule has 0 rings (SSSR count). The van der Waals surface area contributed by atoms with Crippen LogP contribution < -0.4 is 0 Å². The van der Waals surface area contributed by atoms with Crippen molar-refractivity contribution >= 4 is 5.78 Å². The van der Waals surface area contributed by atoms with Crippen molar-refractivity contribution < 1.29 is 4.79 Å². The van der Waals surface area contributed by atoms with E-state index in [-0.39, 0.29) is 5.78 Å². The standard InChI is InChI=1S/C11H16O/c1-5-7-9(3)11(6-2)8-10(4)12/h5,7-8H,3,6H2,1-2,4H3/b7-5?,11-8+. The Morgan fingerprint density at radius 2 is 2.08 bits per heavy atom. The molecule has 0 bridgehead atoms. The minimum absolute atomic E-state index is 0.0810. The van der Waals surface area contributed by atoms with Crippen molar-refractivity contribution in [2.45, 2.75) is 27.2 Å². The summed E-state index contributed by atoms with van der Waals surface area (Å²) in [6.45, 7) is 9.37. The van der Waals surface area contributed by atoms with E-state index in [4.69, 9.17) is 0 Å². The zero-order valence-corrected chi connectivity index (χ0v) is 8.05. The first-order valence-electron chi connectivity index (χ1n) is 4.15. The first-order chi connectivity index (χ1) is 5.61. The molecule has 0 saturated heterocycles. The van der Waals surface area contributed by atoms with Crippen LogP contribution in [0.5, 0.6) is 0 Å². The minimum Gasteiger partial charge on any atom is -0.295 e. The fourth-order valence-electron chi connectivity index (χ4n) is 0.975. The van der Waals surface area contributed by atoms with Crippen LogP contribution in [-0.4, -0.2) is 5.78 Å². The number of hydrogen-bond acceptors (Lipinski definition) is 1. The second-order valence-electron chi connectivity index (χ2n) is 2.66. The van der Waals surface area contributed by atoms with E-state index in [0.717, 1.165) is 17.6 Å². The Kier molecular flexibility index (Phi) is 5.02. The van der Waals surface area contributed by atoms with E-state index < -0.39 is 0 Å². The van der Waals surface area contributed by atoms with Crippen molar-refractivity contribution in [2.75, 3.05) is 0 Å². The monoisotopic (exact) mass is 164 g/mol. The van der Waals surface area contributed by atoms with Gasteiger partial charge in [-0.25, -0.2) is 0 Å². The predicted octanol–water partition coefficient (Wildman–Crippen LogP) is 3.04. The van der Waals surface area contributed by atoms with Crippen molar-refractivity contribution in [3.8, 4) is 0 Å². The van der Waals surface area contributed by atoms with Gasteiger partial charge in [-0.3, -0.25) is 4.79 Å². The average Bonchev–Trinajstić information content (AvgIpc) is 2.00. The highest BCUT2D eigenvalue weighted by atomic mass is 16.1. The molecule has 0 amide bonds. The summed E-state index contributed by atoms with van der Waals surface area (Å²) in [5.41, 5.74) is 1.94. The molecule has 1 heteroatoms. The number of rotatable bonds is 4. The molecule has 0 atom stereocenters. The van der Waals surface area contributed by atoms with Gasteiger partial charge in [0.15, 0.2) is 5.78 Å². The third-order valence-electron chi connectivity index (χ3n) is 1.54. The van der Waals surface area contributed by atoms with E-state index in [1.54, 1.807) is 13.0 Å². The molecule has 12 heavy (non-hydrogen) atoms. The largest absolute Gasteiger partial charge is 0.295 e. The maximum Gasteiger partial charge on any atom is 0.152 e. The predicted molar refractivity (Wildman–Crippen MR) is 53.0 cm³/mol. The summed E-state index contributed by atoms with van der Waals surface area (Å²) >= 11 is 0. The van der Waals surface area contributed by atoms with Crippen LogP contribution in [0.2, 0.25) is 0 Å². The smallest absolute Gasteiger partial charge is 0.152 e. The van der Waals surface area contributed by atoms with Gasteiger partial charge in [0.25, 0.3) is 0 Å². The second kappa shape index (κ2) is 5.53. The summed E-state index contributed by atoms with van der Waals surface area (Å²) in [4.78, 5) is 10.8. The molecule has 0 aromatic heterocycles. The second-order valence-corrected chi connectivity index (χ2v) is 2.66. The number of ketones is 1. The summed E-state index contributed by atoms with van der Waals surface area (Å²) < 4.78 is 0. The number of hydrogen-bond donors (Lipinski definition) is 0. The molecule has 0 fully saturated rings. The molecule has 0 aromatic carbocycles. The van der Waals surface area contributed by atoms with Crippen LogP contribution in [-0.2, 0) is 4.79 Å². The molecule has 0 aromatic rings. The van der Waals surface area contributed by atoms with Crippen molar-refractivity contribution in [2.24, 2.45) is 0 Å². The lowest BCUT2D eigenvalue weighted by atomic mass is 10.0. The molecule has 0 aliphatic heterocycles. The third-order valence-corrected chi connectivity index (χ3v) is 1.54. The van der Waals surface area contributed by atoms with Gasteiger partial charge in [-0.05, 0) is 37.5 Å². The molecule has 0 aliphatic rings. The summed E-state index contributed by atoms with van der Waals surface area (Å²) in [6, 6.07) is 0. The third kappa shape index (κ3) is 3.91. The SMILES string of the molecule is C=C(C=CC)/C(=C/C(C)=O)CC. The maximum atomic E-state index is 10.8. The Morgan fingerprint density at radius 3 is 2.42 bits per heavy atom. The average molecular weight is 164 g/mol. The van der Waals surface area contributed by atoms with Gasteiger partial charge in [-0.2, -0.15) is 0 Å². The van der Waals surface area contributed by atoms with Crippen LogP contribution in [0, 0.1) is 0 Å². The lowest BCUT2D eigenvalue weighted by Gasteiger charge is -2.01. The summed E-state index contributed by atoms with van der Waals surface area (Å²) in [6.07, 6.45) is 6.33. The van der Waals surface area contributed by atoms with Crippen LogP contribution in [0.25, 0.3) is 0 Å². The van der Waals surface area contributed by atoms with Crippen molar-refractivity contribution in [3.63, 3.8) is 0 Å². The topological polar surface area (TPSA) is 17.1 Å². The lowest BCUT2D eigenvalue weighted by molar-refractivity contribution is -0.112. The Morgan fingerprint density at radius 1 is 1.50 bits per heavy atom. The van der Waals surface area contributed by atoms with Gasteiger partial charge in [0.2, 0.25) is 0 Å². The zero-order chi connectivity index (χ0) is 9.56. The first-order valence-corrected chi connectivity index (χ1v) is 4.15. The highest BCUT2D eigenvalue weighted by Gasteiger charge is 1.97. The van der Waals surface area contributed by atoms with E-state index >= 15 is 0 Å². The van der Waals surface area contributed by atoms with E-state index in [1.165, 1.54) is 0 Å². The molecule has 0 unspecified atom stereocenters. The van der Waals surface area contributed by atoms with Gasteiger partial charge in [0.05, 0.1) is 0 Å². The maximum absolute atomic E-state index is 10.8. The van der Waals surface area contributed by atoms with Crippen LogP contribution in [0.15, 0.2) is 36.0 Å². The highest BCUT2D eigenvalue weighted by molar-refractivity contribution is 5.88. The first kappa shape index (κ1) is 10.9. The fourth-order valence-corrected chi connectivity index (χ4v) is 0.975. The molecule has 1 nitrogen and oxygen atoms in total. The Labute approximate surface area is 74.5 Å². The summed E-state index contributed by atoms with van der Waals surface area (Å²) in [5, 5.41) is 0. The highest BCUT2D eigenvalue weighted by Crippen LogP contribution is 2.12. The van der Waals surface area contributed by atoms with E-state index in [2.05, 4.69) is 6.58 Å². The Bertz CT molecular complexity index is 231. The van der Waals surface area contributed by atoms with Crippen LogP contribution in [0.4, 0.5) is 0 Å². The number of carbonyl (C=O) groups excluding carboxylic acids is 1. The molecule has 0 aliphatic carbocycles. The van der Waals surface area contributed by atoms with Crippen LogP contribution >= 0.6 is 0 Å². The molecule has 0 heterocycles. The Hall–Kier alpha value is -1.11. The van der Waals surface area contributed by atoms with Gasteiger partial charge in [0, 0.05) is 0 Å². The molecular weight excluding hydrogens is 148 g/mol. The number of allylic oxidation sites excluding steroid dienone is 5. The van der Waals surface area contributed by atoms with Gasteiger partial charge in [-0.15, -0.1) is 0 Å². The molecular formula is C11H16O. The van der Waals surface area contributed by atoms with Gasteiger partial charge in [0.1, 0.15) is 0 Å². The van der Waals surface area contributed by atoms with Crippen molar-refractivity contribution in [1.29, 1.82) is 0 Å². The van der Waals surface area contributed by atoms with E-state index in [1.807, 2.05) is 26.0 Å². The zero-order valence-electron chi connectivity index (χ0n) is 8.05. The van der Waals surface area contributed by atoms with E-state index in [9.17, 15) is 4.79 Å². The minimum atomic E-state index is 0.0810. The summed E-state index contributed by atoms with van der Waals surface area (Å²) in [7, 11) is 0. The molecule has 0 radical (unpaired) electrons. The van der Waals surface area contributed by atoms with Crippen LogP contribution in [0.3, 0.4) is 0 Å². The van der Waals surface area contributed by atoms with Crippen molar-refractivity contribution in [1.82, 2.24) is 0 Å². The fraction of sp³-hybridized carbons (Fsp3) is 0.364. The van der Waals surface area contributed by atoms with Gasteiger partial charge in [-0.1, -0.05) is 25.7 Å². The quantitative estimate of drug-likeness (QED) is 0.461. The summed E-state index contributed by atoms with van der Waals surface area (Å²) in [5.74, 6) is 0.0810. The molecule has 0 spiro atoms. The van der Waals surface area contributed by atoms with Crippen LogP contribution in [0.1, 0.15) is 27.2 Å². The molecule has 66 valence electrons. The molecule has 0 saturated carbocycles. The lowest BCUT2D eigenvalue weighted by Crippen LogP contribution is -1.89.